The molecule has 0 saturated carbocycles. The normalized spacial score (nSPS) is 20.4. The third-order valence-electron chi connectivity index (χ3n) is 2.77. The highest BCUT2D eigenvalue weighted by Crippen LogP contribution is 2.33. The zero-order valence-corrected chi connectivity index (χ0v) is 10.1. The number of carbonyl (C=O) groups is 1. The highest BCUT2D eigenvalue weighted by atomic mass is 32.1. The van der Waals surface area contributed by atoms with Gasteiger partial charge in [-0.15, -0.1) is 11.3 Å². The van der Waals surface area contributed by atoms with Gasteiger partial charge in [0.05, 0.1) is 0 Å². The van der Waals surface area contributed by atoms with Gasteiger partial charge in [-0.1, -0.05) is 12.2 Å². The van der Waals surface area contributed by atoms with Crippen LogP contribution in [0.3, 0.4) is 0 Å². The lowest BCUT2D eigenvalue weighted by atomic mass is 9.99. The average molecular weight is 237 g/mol. The van der Waals surface area contributed by atoms with E-state index in [2.05, 4.69) is 6.58 Å². The molecule has 4 heteroatoms. The van der Waals surface area contributed by atoms with E-state index in [1.54, 1.807) is 11.3 Å². The number of thiophene rings is 1. The lowest BCUT2D eigenvalue weighted by Crippen LogP contribution is -2.39. The van der Waals surface area contributed by atoms with Gasteiger partial charge < -0.3 is 5.11 Å². The lowest BCUT2D eigenvalue weighted by molar-refractivity contribution is -0.143. The summed E-state index contributed by atoms with van der Waals surface area (Å²) in [6.45, 7) is 7.25. The lowest BCUT2D eigenvalue weighted by Gasteiger charge is -2.33. The first kappa shape index (κ1) is 11.4. The predicted molar refractivity (Wildman–Crippen MR) is 64.8 cm³/mol. The SMILES string of the molecule is C=C(C)CN1CCc2sccc2C1C(=O)O. The molecule has 2 rings (SSSR count). The molecule has 1 aliphatic rings. The summed E-state index contributed by atoms with van der Waals surface area (Å²) in [5.74, 6) is -0.763. The fraction of sp³-hybridized carbons (Fsp3) is 0.417. The molecule has 1 aliphatic heterocycles. The van der Waals surface area contributed by atoms with Crippen molar-refractivity contribution in [1.29, 1.82) is 0 Å². The van der Waals surface area contributed by atoms with Crippen LogP contribution in [-0.2, 0) is 11.2 Å². The summed E-state index contributed by atoms with van der Waals surface area (Å²) in [6, 6.07) is 1.44. The van der Waals surface area contributed by atoms with Crippen LogP contribution >= 0.6 is 11.3 Å². The van der Waals surface area contributed by atoms with E-state index in [4.69, 9.17) is 0 Å². The quantitative estimate of drug-likeness (QED) is 0.820. The van der Waals surface area contributed by atoms with Crippen LogP contribution in [0.25, 0.3) is 0 Å². The summed E-state index contributed by atoms with van der Waals surface area (Å²) < 4.78 is 0. The number of carboxylic acids is 1. The van der Waals surface area contributed by atoms with Gasteiger partial charge >= 0.3 is 5.97 Å². The van der Waals surface area contributed by atoms with E-state index in [1.807, 2.05) is 23.3 Å². The Morgan fingerprint density at radius 3 is 3.12 bits per heavy atom. The van der Waals surface area contributed by atoms with Crippen molar-refractivity contribution in [2.24, 2.45) is 0 Å². The molecular formula is C12H15NO2S. The predicted octanol–water partition coefficient (Wildman–Crippen LogP) is 2.31. The van der Waals surface area contributed by atoms with Crippen molar-refractivity contribution in [2.75, 3.05) is 13.1 Å². The molecule has 16 heavy (non-hydrogen) atoms. The van der Waals surface area contributed by atoms with Crippen molar-refractivity contribution in [1.82, 2.24) is 4.90 Å². The maximum Gasteiger partial charge on any atom is 0.325 e. The molecule has 1 aromatic heterocycles. The Kier molecular flexibility index (Phi) is 3.12. The molecule has 1 N–H and O–H groups in total. The van der Waals surface area contributed by atoms with E-state index < -0.39 is 12.0 Å². The third kappa shape index (κ3) is 2.03. The smallest absolute Gasteiger partial charge is 0.325 e. The van der Waals surface area contributed by atoms with Gasteiger partial charge in [0.1, 0.15) is 6.04 Å². The standard InChI is InChI=1S/C12H15NO2S/c1-8(2)7-13-5-3-10-9(4-6-16-10)11(13)12(14)15/h4,6,11H,1,3,5,7H2,2H3,(H,14,15). The Balaban J connectivity index is 2.30. The summed E-state index contributed by atoms with van der Waals surface area (Å²) in [6.07, 6.45) is 0.948. The number of carboxylic acid groups (broad SMARTS) is 1. The van der Waals surface area contributed by atoms with E-state index in [1.165, 1.54) is 4.88 Å². The summed E-state index contributed by atoms with van der Waals surface area (Å²) >= 11 is 1.66. The molecule has 0 saturated heterocycles. The summed E-state index contributed by atoms with van der Waals surface area (Å²) in [5, 5.41) is 11.3. The molecule has 0 spiro atoms. The number of rotatable bonds is 3. The molecule has 3 nitrogen and oxygen atoms in total. The van der Waals surface area contributed by atoms with Crippen LogP contribution < -0.4 is 0 Å². The van der Waals surface area contributed by atoms with Crippen LogP contribution in [0.4, 0.5) is 0 Å². The second-order valence-corrected chi connectivity index (χ2v) is 5.22. The van der Waals surface area contributed by atoms with Crippen LogP contribution in [0.15, 0.2) is 23.6 Å². The number of aliphatic carboxylic acids is 1. The second kappa shape index (κ2) is 4.39. The Bertz CT molecular complexity index is 424. The van der Waals surface area contributed by atoms with Crippen molar-refractivity contribution < 1.29 is 9.90 Å². The number of fused-ring (bicyclic) bond motifs is 1. The maximum atomic E-state index is 11.3. The highest BCUT2D eigenvalue weighted by molar-refractivity contribution is 7.10. The van der Waals surface area contributed by atoms with Crippen LogP contribution in [0.2, 0.25) is 0 Å². The largest absolute Gasteiger partial charge is 0.480 e. The number of hydrogen-bond donors (Lipinski definition) is 1. The summed E-state index contributed by atoms with van der Waals surface area (Å²) in [7, 11) is 0. The fourth-order valence-corrected chi connectivity index (χ4v) is 3.08. The van der Waals surface area contributed by atoms with Crippen LogP contribution in [0.1, 0.15) is 23.4 Å². The first-order chi connectivity index (χ1) is 7.59. The van der Waals surface area contributed by atoms with Crippen molar-refractivity contribution in [3.8, 4) is 0 Å². The molecule has 0 bridgehead atoms. The van der Waals surface area contributed by atoms with Crippen molar-refractivity contribution in [3.63, 3.8) is 0 Å². The maximum absolute atomic E-state index is 11.3. The molecule has 1 unspecified atom stereocenters. The minimum Gasteiger partial charge on any atom is -0.480 e. The van der Waals surface area contributed by atoms with Crippen molar-refractivity contribution >= 4 is 17.3 Å². The first-order valence-electron chi connectivity index (χ1n) is 5.27. The van der Waals surface area contributed by atoms with Gasteiger partial charge in [0, 0.05) is 18.0 Å². The Morgan fingerprint density at radius 2 is 2.50 bits per heavy atom. The Labute approximate surface area is 99.0 Å². The van der Waals surface area contributed by atoms with Gasteiger partial charge in [-0.05, 0) is 30.4 Å². The average Bonchev–Trinajstić information content (AvgIpc) is 2.63. The van der Waals surface area contributed by atoms with Crippen molar-refractivity contribution in [3.05, 3.63) is 34.0 Å². The monoisotopic (exact) mass is 237 g/mol. The topological polar surface area (TPSA) is 40.5 Å². The molecule has 2 heterocycles. The zero-order chi connectivity index (χ0) is 11.7. The van der Waals surface area contributed by atoms with E-state index >= 15 is 0 Å². The fourth-order valence-electron chi connectivity index (χ4n) is 2.17. The molecular weight excluding hydrogens is 222 g/mol. The van der Waals surface area contributed by atoms with E-state index in [9.17, 15) is 9.90 Å². The Hall–Kier alpha value is -1.13. The molecule has 0 aliphatic carbocycles. The van der Waals surface area contributed by atoms with E-state index in [0.717, 1.165) is 24.1 Å². The first-order valence-corrected chi connectivity index (χ1v) is 6.15. The second-order valence-electron chi connectivity index (χ2n) is 4.22. The molecule has 0 aromatic carbocycles. The van der Waals surface area contributed by atoms with Crippen molar-refractivity contribution in [2.45, 2.75) is 19.4 Å². The number of nitrogens with zero attached hydrogens (tertiary/aromatic N) is 1. The molecule has 1 atom stereocenters. The van der Waals surface area contributed by atoms with Gasteiger partial charge in [-0.2, -0.15) is 0 Å². The molecule has 0 radical (unpaired) electrons. The number of hydrogen-bond acceptors (Lipinski definition) is 3. The van der Waals surface area contributed by atoms with Gasteiger partial charge in [0.25, 0.3) is 0 Å². The zero-order valence-electron chi connectivity index (χ0n) is 9.27. The highest BCUT2D eigenvalue weighted by Gasteiger charge is 2.33. The van der Waals surface area contributed by atoms with Crippen LogP contribution in [0.5, 0.6) is 0 Å². The molecule has 0 fully saturated rings. The van der Waals surface area contributed by atoms with E-state index in [0.29, 0.717) is 6.54 Å². The molecule has 86 valence electrons. The molecule has 0 amide bonds. The van der Waals surface area contributed by atoms with Gasteiger partial charge in [-0.25, -0.2) is 0 Å². The Morgan fingerprint density at radius 1 is 1.75 bits per heavy atom. The molecule has 1 aromatic rings. The minimum absolute atomic E-state index is 0.494. The van der Waals surface area contributed by atoms with E-state index in [-0.39, 0.29) is 0 Å². The summed E-state index contributed by atoms with van der Waals surface area (Å²) in [4.78, 5) is 14.5. The van der Waals surface area contributed by atoms with Crippen LogP contribution in [0, 0.1) is 0 Å². The van der Waals surface area contributed by atoms with Crippen LogP contribution in [-0.4, -0.2) is 29.1 Å². The minimum atomic E-state index is -0.763. The third-order valence-corrected chi connectivity index (χ3v) is 3.77. The summed E-state index contributed by atoms with van der Waals surface area (Å²) in [5.41, 5.74) is 1.97. The van der Waals surface area contributed by atoms with Gasteiger partial charge in [-0.3, -0.25) is 9.69 Å². The van der Waals surface area contributed by atoms with Gasteiger partial charge in [0.15, 0.2) is 0 Å². The van der Waals surface area contributed by atoms with Gasteiger partial charge in [0.2, 0.25) is 0 Å².